The minimum absolute atomic E-state index is 0.315. The summed E-state index contributed by atoms with van der Waals surface area (Å²) in [5, 5.41) is 1.33. The van der Waals surface area contributed by atoms with Crippen molar-refractivity contribution in [3.8, 4) is 0 Å². The molecule has 0 atom stereocenters. The van der Waals surface area contributed by atoms with E-state index in [-0.39, 0.29) is 11.8 Å². The molecule has 0 aliphatic heterocycles. The smallest absolute Gasteiger partial charge is 0.276 e. The number of carbonyl (C=O) groups excluding carboxylic acids is 2. The van der Waals surface area contributed by atoms with E-state index in [4.69, 9.17) is 4.42 Å². The number of furan rings is 1. The Hall–Kier alpha value is -2.56. The van der Waals surface area contributed by atoms with Crippen molar-refractivity contribution in [1.82, 2.24) is 10.4 Å². The SMILES string of the molecule is Cc1ccccc1C(=O)NN(C(=O)c1ccoc1)C(C)(C)C. The maximum absolute atomic E-state index is 12.6. The lowest BCUT2D eigenvalue weighted by molar-refractivity contribution is 0.0357. The van der Waals surface area contributed by atoms with E-state index < -0.39 is 5.54 Å². The molecule has 5 nitrogen and oxygen atoms in total. The number of amides is 2. The summed E-state index contributed by atoms with van der Waals surface area (Å²) in [6.45, 7) is 7.41. The number of hydrazine groups is 1. The second-order valence-corrected chi connectivity index (χ2v) is 6.08. The molecule has 0 saturated carbocycles. The second kappa shape index (κ2) is 6.05. The van der Waals surface area contributed by atoms with E-state index in [1.807, 2.05) is 39.8 Å². The first-order valence-corrected chi connectivity index (χ1v) is 7.04. The van der Waals surface area contributed by atoms with Crippen LogP contribution >= 0.6 is 0 Å². The largest absolute Gasteiger partial charge is 0.472 e. The average Bonchev–Trinajstić information content (AvgIpc) is 2.97. The van der Waals surface area contributed by atoms with Gasteiger partial charge in [-0.05, 0) is 45.4 Å². The molecule has 116 valence electrons. The molecule has 0 bridgehead atoms. The molecule has 1 N–H and O–H groups in total. The minimum Gasteiger partial charge on any atom is -0.472 e. The van der Waals surface area contributed by atoms with Gasteiger partial charge in [0.05, 0.1) is 17.4 Å². The van der Waals surface area contributed by atoms with Gasteiger partial charge >= 0.3 is 0 Å². The van der Waals surface area contributed by atoms with E-state index in [9.17, 15) is 9.59 Å². The molecule has 1 heterocycles. The maximum Gasteiger partial charge on any atom is 0.276 e. The molecule has 2 amide bonds. The molecular weight excluding hydrogens is 280 g/mol. The summed E-state index contributed by atoms with van der Waals surface area (Å²) in [7, 11) is 0. The summed E-state index contributed by atoms with van der Waals surface area (Å²) >= 11 is 0. The van der Waals surface area contributed by atoms with Crippen molar-refractivity contribution in [2.45, 2.75) is 33.2 Å². The van der Waals surface area contributed by atoms with Crippen LogP contribution < -0.4 is 5.43 Å². The highest BCUT2D eigenvalue weighted by atomic mass is 16.3. The molecule has 0 fully saturated rings. The van der Waals surface area contributed by atoms with Crippen molar-refractivity contribution in [2.75, 3.05) is 0 Å². The monoisotopic (exact) mass is 300 g/mol. The lowest BCUT2D eigenvalue weighted by Gasteiger charge is -2.35. The summed E-state index contributed by atoms with van der Waals surface area (Å²) in [5.74, 6) is -0.631. The summed E-state index contributed by atoms with van der Waals surface area (Å²) in [4.78, 5) is 25.0. The number of rotatable bonds is 2. The van der Waals surface area contributed by atoms with Crippen molar-refractivity contribution >= 4 is 11.8 Å². The van der Waals surface area contributed by atoms with Crippen LogP contribution in [0.5, 0.6) is 0 Å². The van der Waals surface area contributed by atoms with Crippen LogP contribution in [0.2, 0.25) is 0 Å². The highest BCUT2D eigenvalue weighted by molar-refractivity contribution is 5.99. The first-order chi connectivity index (χ1) is 10.3. The molecule has 1 aromatic carbocycles. The maximum atomic E-state index is 12.6. The molecule has 0 aliphatic carbocycles. The highest BCUT2D eigenvalue weighted by Gasteiger charge is 2.30. The van der Waals surface area contributed by atoms with Crippen molar-refractivity contribution in [3.05, 3.63) is 59.5 Å². The molecule has 2 rings (SSSR count). The normalized spacial score (nSPS) is 11.1. The Kier molecular flexibility index (Phi) is 4.35. The van der Waals surface area contributed by atoms with Gasteiger partial charge in [0.15, 0.2) is 0 Å². The number of hydrogen-bond acceptors (Lipinski definition) is 3. The van der Waals surface area contributed by atoms with Crippen LogP contribution in [0.3, 0.4) is 0 Å². The molecule has 22 heavy (non-hydrogen) atoms. The first kappa shape index (κ1) is 15.8. The van der Waals surface area contributed by atoms with E-state index in [1.54, 1.807) is 18.2 Å². The number of aryl methyl sites for hydroxylation is 1. The van der Waals surface area contributed by atoms with Crippen LogP contribution in [0.1, 0.15) is 47.1 Å². The summed E-state index contributed by atoms with van der Waals surface area (Å²) in [6.07, 6.45) is 2.79. The van der Waals surface area contributed by atoms with Gasteiger partial charge < -0.3 is 4.42 Å². The van der Waals surface area contributed by atoms with E-state index in [1.165, 1.54) is 17.5 Å². The molecule has 0 aliphatic rings. The Morgan fingerprint density at radius 3 is 2.36 bits per heavy atom. The zero-order chi connectivity index (χ0) is 16.3. The fourth-order valence-electron chi connectivity index (χ4n) is 2.03. The lowest BCUT2D eigenvalue weighted by Crippen LogP contribution is -2.55. The Morgan fingerprint density at radius 2 is 1.82 bits per heavy atom. The first-order valence-electron chi connectivity index (χ1n) is 7.04. The van der Waals surface area contributed by atoms with Crippen molar-refractivity contribution < 1.29 is 14.0 Å². The van der Waals surface area contributed by atoms with Gasteiger partial charge in [-0.1, -0.05) is 18.2 Å². The highest BCUT2D eigenvalue weighted by Crippen LogP contribution is 2.16. The topological polar surface area (TPSA) is 62.6 Å². The van der Waals surface area contributed by atoms with Gasteiger partial charge in [-0.3, -0.25) is 15.0 Å². The zero-order valence-electron chi connectivity index (χ0n) is 13.2. The summed E-state index contributed by atoms with van der Waals surface area (Å²) in [5.41, 5.74) is 3.91. The Balaban J connectivity index is 2.27. The van der Waals surface area contributed by atoms with E-state index in [0.29, 0.717) is 11.1 Å². The molecule has 0 saturated heterocycles. The Morgan fingerprint density at radius 1 is 1.14 bits per heavy atom. The van der Waals surface area contributed by atoms with Gasteiger partial charge in [0.1, 0.15) is 6.26 Å². The minimum atomic E-state index is -0.577. The molecule has 2 aromatic rings. The number of hydrogen-bond donors (Lipinski definition) is 1. The fraction of sp³-hybridized carbons (Fsp3) is 0.294. The molecular formula is C17H20N2O3. The van der Waals surface area contributed by atoms with Crippen LogP contribution in [0.15, 0.2) is 47.3 Å². The molecule has 5 heteroatoms. The second-order valence-electron chi connectivity index (χ2n) is 6.08. The van der Waals surface area contributed by atoms with Gasteiger partial charge in [-0.15, -0.1) is 0 Å². The molecule has 0 spiro atoms. The van der Waals surface area contributed by atoms with Crippen molar-refractivity contribution in [3.63, 3.8) is 0 Å². The number of nitrogens with zero attached hydrogens (tertiary/aromatic N) is 1. The van der Waals surface area contributed by atoms with Crippen LogP contribution in [0.25, 0.3) is 0 Å². The van der Waals surface area contributed by atoms with Gasteiger partial charge in [-0.2, -0.15) is 0 Å². The fourth-order valence-corrected chi connectivity index (χ4v) is 2.03. The summed E-state index contributed by atoms with van der Waals surface area (Å²) < 4.78 is 4.95. The van der Waals surface area contributed by atoms with Crippen LogP contribution in [0, 0.1) is 6.92 Å². The van der Waals surface area contributed by atoms with E-state index in [2.05, 4.69) is 5.43 Å². The number of benzene rings is 1. The Bertz CT molecular complexity index is 669. The number of nitrogens with one attached hydrogen (secondary N) is 1. The van der Waals surface area contributed by atoms with Crippen molar-refractivity contribution in [1.29, 1.82) is 0 Å². The van der Waals surface area contributed by atoms with Gasteiger partial charge in [0.2, 0.25) is 0 Å². The predicted octanol–water partition coefficient (Wildman–Crippen LogP) is 3.17. The third kappa shape index (κ3) is 3.36. The summed E-state index contributed by atoms with van der Waals surface area (Å²) in [6, 6.07) is 8.81. The third-order valence-electron chi connectivity index (χ3n) is 3.25. The lowest BCUT2D eigenvalue weighted by atomic mass is 10.1. The predicted molar refractivity (Wildman–Crippen MR) is 83.3 cm³/mol. The average molecular weight is 300 g/mol. The zero-order valence-corrected chi connectivity index (χ0v) is 13.2. The van der Waals surface area contributed by atoms with Crippen LogP contribution in [0.4, 0.5) is 0 Å². The van der Waals surface area contributed by atoms with Gasteiger partial charge in [0.25, 0.3) is 11.8 Å². The van der Waals surface area contributed by atoms with Crippen molar-refractivity contribution in [2.24, 2.45) is 0 Å². The molecule has 0 radical (unpaired) electrons. The standard InChI is InChI=1S/C17H20N2O3/c1-12-7-5-6-8-14(12)15(20)18-19(17(2,3)4)16(21)13-9-10-22-11-13/h5-11H,1-4H3,(H,18,20). The number of carbonyl (C=O) groups is 2. The quantitative estimate of drug-likeness (QED) is 0.866. The Labute approximate surface area is 129 Å². The van der Waals surface area contributed by atoms with Crippen LogP contribution in [-0.4, -0.2) is 22.4 Å². The molecule has 0 unspecified atom stereocenters. The van der Waals surface area contributed by atoms with E-state index in [0.717, 1.165) is 5.56 Å². The third-order valence-corrected chi connectivity index (χ3v) is 3.25. The van der Waals surface area contributed by atoms with Crippen LogP contribution in [-0.2, 0) is 0 Å². The van der Waals surface area contributed by atoms with Gasteiger partial charge in [-0.25, -0.2) is 5.01 Å². The van der Waals surface area contributed by atoms with E-state index >= 15 is 0 Å². The van der Waals surface area contributed by atoms with Gasteiger partial charge in [0, 0.05) is 5.56 Å². The molecule has 1 aromatic heterocycles.